The van der Waals surface area contributed by atoms with Crippen molar-refractivity contribution in [1.82, 2.24) is 14.5 Å². The normalized spacial score (nSPS) is 10.8. The molecule has 0 fully saturated rings. The molecule has 7 nitrogen and oxygen atoms in total. The highest BCUT2D eigenvalue weighted by molar-refractivity contribution is 5.79. The van der Waals surface area contributed by atoms with Gasteiger partial charge in [-0.25, -0.2) is 9.97 Å². The Hall–Kier alpha value is -2.96. The Balaban J connectivity index is 1.80. The molecule has 0 atom stereocenters. The Kier molecular flexibility index (Phi) is 3.46. The number of nitro groups is 1. The summed E-state index contributed by atoms with van der Waals surface area (Å²) >= 11 is 0. The first-order chi connectivity index (χ1) is 10.6. The summed E-state index contributed by atoms with van der Waals surface area (Å²) in [7, 11) is 1.97. The predicted octanol–water partition coefficient (Wildman–Crippen LogP) is 2.80. The number of pyridine rings is 1. The van der Waals surface area contributed by atoms with E-state index in [1.54, 1.807) is 6.07 Å². The minimum Gasteiger partial charge on any atom is -0.363 e. The van der Waals surface area contributed by atoms with Crippen molar-refractivity contribution in [2.75, 3.05) is 5.32 Å². The Morgan fingerprint density at radius 1 is 1.32 bits per heavy atom. The molecular formula is C15H15N5O2. The van der Waals surface area contributed by atoms with E-state index in [0.717, 1.165) is 16.9 Å². The van der Waals surface area contributed by atoms with Crippen LogP contribution in [-0.2, 0) is 13.6 Å². The second-order valence-electron chi connectivity index (χ2n) is 5.04. The van der Waals surface area contributed by atoms with Gasteiger partial charge in [-0.05, 0) is 24.6 Å². The van der Waals surface area contributed by atoms with Crippen LogP contribution in [0.5, 0.6) is 0 Å². The molecule has 0 saturated heterocycles. The van der Waals surface area contributed by atoms with Crippen LogP contribution < -0.4 is 5.32 Å². The SMILES string of the molecule is Cc1cccc2nc(CNc3ccc([N+](=O)[O-])cn3)n(C)c12. The largest absolute Gasteiger partial charge is 0.363 e. The maximum absolute atomic E-state index is 10.6. The van der Waals surface area contributed by atoms with Gasteiger partial charge in [-0.3, -0.25) is 10.1 Å². The fourth-order valence-corrected chi connectivity index (χ4v) is 2.44. The summed E-state index contributed by atoms with van der Waals surface area (Å²) in [5, 5.41) is 13.7. The number of nitrogens with one attached hydrogen (secondary N) is 1. The van der Waals surface area contributed by atoms with E-state index in [1.807, 2.05) is 23.7 Å². The summed E-state index contributed by atoms with van der Waals surface area (Å²) in [5.74, 6) is 1.46. The first-order valence-electron chi connectivity index (χ1n) is 6.81. The number of aryl methyl sites for hydroxylation is 2. The van der Waals surface area contributed by atoms with Gasteiger partial charge in [0.05, 0.1) is 22.5 Å². The number of aromatic nitrogens is 3. The molecule has 0 aliphatic rings. The number of fused-ring (bicyclic) bond motifs is 1. The molecule has 2 heterocycles. The molecule has 0 aliphatic carbocycles. The van der Waals surface area contributed by atoms with Gasteiger partial charge < -0.3 is 9.88 Å². The summed E-state index contributed by atoms with van der Waals surface area (Å²) in [4.78, 5) is 18.8. The van der Waals surface area contributed by atoms with E-state index in [-0.39, 0.29) is 5.69 Å². The van der Waals surface area contributed by atoms with Crippen molar-refractivity contribution < 1.29 is 4.92 Å². The number of rotatable bonds is 4. The number of para-hydroxylation sites is 1. The molecule has 22 heavy (non-hydrogen) atoms. The monoisotopic (exact) mass is 297 g/mol. The van der Waals surface area contributed by atoms with Crippen LogP contribution in [0.15, 0.2) is 36.5 Å². The van der Waals surface area contributed by atoms with Crippen LogP contribution in [0.1, 0.15) is 11.4 Å². The van der Waals surface area contributed by atoms with E-state index in [2.05, 4.69) is 28.3 Å². The van der Waals surface area contributed by atoms with Crippen molar-refractivity contribution in [2.24, 2.45) is 7.05 Å². The summed E-state index contributed by atoms with van der Waals surface area (Å²) in [6, 6.07) is 9.04. The summed E-state index contributed by atoms with van der Waals surface area (Å²) in [5.41, 5.74) is 3.21. The highest BCUT2D eigenvalue weighted by Crippen LogP contribution is 2.19. The van der Waals surface area contributed by atoms with Gasteiger partial charge in [-0.1, -0.05) is 12.1 Å². The minimum atomic E-state index is -0.467. The number of hydrogen-bond acceptors (Lipinski definition) is 5. The molecule has 0 spiro atoms. The lowest BCUT2D eigenvalue weighted by atomic mass is 10.2. The van der Waals surface area contributed by atoms with Crippen molar-refractivity contribution in [3.63, 3.8) is 0 Å². The zero-order valence-electron chi connectivity index (χ0n) is 12.3. The van der Waals surface area contributed by atoms with E-state index in [4.69, 9.17) is 0 Å². The van der Waals surface area contributed by atoms with Crippen molar-refractivity contribution >= 4 is 22.5 Å². The van der Waals surface area contributed by atoms with Crippen LogP contribution in [0, 0.1) is 17.0 Å². The summed E-state index contributed by atoms with van der Waals surface area (Å²) in [6.07, 6.45) is 1.24. The van der Waals surface area contributed by atoms with Gasteiger partial charge in [-0.15, -0.1) is 0 Å². The number of hydrogen-bond donors (Lipinski definition) is 1. The van der Waals surface area contributed by atoms with Crippen LogP contribution in [0.2, 0.25) is 0 Å². The second-order valence-corrected chi connectivity index (χ2v) is 5.04. The van der Waals surface area contributed by atoms with Gasteiger partial charge in [0.2, 0.25) is 0 Å². The molecule has 0 radical (unpaired) electrons. The first-order valence-corrected chi connectivity index (χ1v) is 6.81. The number of imidazole rings is 1. The van der Waals surface area contributed by atoms with E-state index in [9.17, 15) is 10.1 Å². The maximum Gasteiger partial charge on any atom is 0.287 e. The third-order valence-corrected chi connectivity index (χ3v) is 3.57. The minimum absolute atomic E-state index is 0.0242. The van der Waals surface area contributed by atoms with Crippen LogP contribution in [0.3, 0.4) is 0 Å². The summed E-state index contributed by atoms with van der Waals surface area (Å²) in [6.45, 7) is 2.55. The standard InChI is InChI=1S/C15H15N5O2/c1-10-4-3-5-12-15(10)19(2)14(18-12)9-17-13-7-6-11(8-16-13)20(21)22/h3-8H,9H2,1-2H3,(H,16,17). The molecule has 7 heteroatoms. The Labute approximate surface area is 126 Å². The molecule has 0 amide bonds. The summed E-state index contributed by atoms with van der Waals surface area (Å²) < 4.78 is 2.04. The average Bonchev–Trinajstić information content (AvgIpc) is 2.83. The lowest BCUT2D eigenvalue weighted by Gasteiger charge is -2.06. The number of benzene rings is 1. The molecule has 1 N–H and O–H groups in total. The molecule has 0 aliphatic heterocycles. The number of anilines is 1. The maximum atomic E-state index is 10.6. The molecular weight excluding hydrogens is 282 g/mol. The molecule has 0 saturated carbocycles. The molecule has 3 aromatic rings. The van der Waals surface area contributed by atoms with Gasteiger partial charge in [0, 0.05) is 13.1 Å². The highest BCUT2D eigenvalue weighted by Gasteiger charge is 2.10. The molecule has 112 valence electrons. The molecule has 2 aromatic heterocycles. The van der Waals surface area contributed by atoms with Crippen LogP contribution in [0.25, 0.3) is 11.0 Å². The smallest absolute Gasteiger partial charge is 0.287 e. The van der Waals surface area contributed by atoms with Gasteiger partial charge in [0.1, 0.15) is 17.8 Å². The molecule has 3 rings (SSSR count). The topological polar surface area (TPSA) is 85.9 Å². The lowest BCUT2D eigenvalue weighted by Crippen LogP contribution is -2.07. The first kappa shape index (κ1) is 14.0. The Bertz CT molecular complexity index is 839. The quantitative estimate of drug-likeness (QED) is 0.591. The molecule has 1 aromatic carbocycles. The van der Waals surface area contributed by atoms with Crippen LogP contribution in [-0.4, -0.2) is 19.5 Å². The van der Waals surface area contributed by atoms with Gasteiger partial charge in [0.15, 0.2) is 0 Å². The van der Waals surface area contributed by atoms with Crippen LogP contribution in [0.4, 0.5) is 11.5 Å². The van der Waals surface area contributed by atoms with E-state index in [0.29, 0.717) is 12.4 Å². The van der Waals surface area contributed by atoms with Crippen molar-refractivity contribution in [3.05, 3.63) is 58.0 Å². The van der Waals surface area contributed by atoms with Gasteiger partial charge >= 0.3 is 0 Å². The van der Waals surface area contributed by atoms with E-state index in [1.165, 1.54) is 17.8 Å². The third-order valence-electron chi connectivity index (χ3n) is 3.57. The Morgan fingerprint density at radius 2 is 2.14 bits per heavy atom. The second kappa shape index (κ2) is 5.44. The third kappa shape index (κ3) is 2.48. The van der Waals surface area contributed by atoms with Crippen LogP contribution >= 0.6 is 0 Å². The fraction of sp³-hybridized carbons (Fsp3) is 0.200. The highest BCUT2D eigenvalue weighted by atomic mass is 16.6. The molecule has 0 unspecified atom stereocenters. The lowest BCUT2D eigenvalue weighted by molar-refractivity contribution is -0.385. The fourth-order valence-electron chi connectivity index (χ4n) is 2.44. The van der Waals surface area contributed by atoms with Crippen molar-refractivity contribution in [1.29, 1.82) is 0 Å². The van der Waals surface area contributed by atoms with Gasteiger partial charge in [-0.2, -0.15) is 0 Å². The zero-order valence-corrected chi connectivity index (χ0v) is 12.3. The van der Waals surface area contributed by atoms with E-state index < -0.39 is 4.92 Å². The number of nitrogens with zero attached hydrogens (tertiary/aromatic N) is 4. The zero-order chi connectivity index (χ0) is 15.7. The van der Waals surface area contributed by atoms with Gasteiger partial charge in [0.25, 0.3) is 5.69 Å². The van der Waals surface area contributed by atoms with Crippen molar-refractivity contribution in [2.45, 2.75) is 13.5 Å². The molecule has 0 bridgehead atoms. The predicted molar refractivity (Wildman–Crippen MR) is 83.7 cm³/mol. The van der Waals surface area contributed by atoms with E-state index >= 15 is 0 Å². The Morgan fingerprint density at radius 3 is 2.77 bits per heavy atom. The van der Waals surface area contributed by atoms with Crippen molar-refractivity contribution in [3.8, 4) is 0 Å². The average molecular weight is 297 g/mol.